The molecule has 164 valence electrons. The predicted molar refractivity (Wildman–Crippen MR) is 128 cm³/mol. The molecule has 1 unspecified atom stereocenters. The highest BCUT2D eigenvalue weighted by molar-refractivity contribution is 5.86. The summed E-state index contributed by atoms with van der Waals surface area (Å²) in [6.07, 6.45) is 2.23. The summed E-state index contributed by atoms with van der Waals surface area (Å²) in [6, 6.07) is 20.0. The Morgan fingerprint density at radius 2 is 1.68 bits per heavy atom. The molecule has 4 rings (SSSR count). The zero-order valence-corrected chi connectivity index (χ0v) is 19.2. The van der Waals surface area contributed by atoms with Crippen LogP contribution in [0, 0.1) is 0 Å². The second-order valence-corrected chi connectivity index (χ2v) is 8.58. The number of methoxy groups -OCH3 is 2. The van der Waals surface area contributed by atoms with Crippen LogP contribution in [0.3, 0.4) is 0 Å². The summed E-state index contributed by atoms with van der Waals surface area (Å²) in [6.45, 7) is 6.60. The fraction of sp³-hybridized carbons (Fsp3) is 0.407. The number of hydrogen-bond acceptors (Lipinski definition) is 4. The first-order valence-corrected chi connectivity index (χ1v) is 11.2. The van der Waals surface area contributed by atoms with E-state index in [1.807, 2.05) is 0 Å². The number of rotatable bonds is 8. The molecule has 0 aliphatic carbocycles. The van der Waals surface area contributed by atoms with Crippen molar-refractivity contribution in [3.8, 4) is 11.5 Å². The fourth-order valence-corrected chi connectivity index (χ4v) is 4.72. The van der Waals surface area contributed by atoms with Gasteiger partial charge in [-0.1, -0.05) is 42.5 Å². The molecule has 0 N–H and O–H groups in total. The van der Waals surface area contributed by atoms with Gasteiger partial charge in [-0.25, -0.2) is 0 Å². The van der Waals surface area contributed by atoms with E-state index in [-0.39, 0.29) is 0 Å². The number of fused-ring (bicyclic) bond motifs is 2. The summed E-state index contributed by atoms with van der Waals surface area (Å²) in [4.78, 5) is 5.04. The van der Waals surface area contributed by atoms with Crippen LogP contribution in [-0.4, -0.2) is 50.7 Å². The lowest BCUT2D eigenvalue weighted by Gasteiger charge is -2.31. The Bertz CT molecular complexity index is 1030. The van der Waals surface area contributed by atoms with Crippen molar-refractivity contribution in [2.45, 2.75) is 32.4 Å². The zero-order valence-electron chi connectivity index (χ0n) is 19.2. The molecular weight excluding hydrogens is 384 g/mol. The minimum atomic E-state index is 0.393. The Balaban J connectivity index is 1.34. The molecular formula is C27H34N2O2. The number of ether oxygens (including phenoxy) is 2. The van der Waals surface area contributed by atoms with Crippen LogP contribution >= 0.6 is 0 Å². The fourth-order valence-electron chi connectivity index (χ4n) is 4.72. The van der Waals surface area contributed by atoms with Gasteiger partial charge < -0.3 is 9.47 Å². The molecule has 1 aliphatic heterocycles. The van der Waals surface area contributed by atoms with Gasteiger partial charge in [-0.15, -0.1) is 0 Å². The highest BCUT2D eigenvalue weighted by atomic mass is 16.5. The van der Waals surface area contributed by atoms with Gasteiger partial charge in [0.25, 0.3) is 0 Å². The molecule has 1 atom stereocenters. The average Bonchev–Trinajstić information content (AvgIpc) is 2.82. The van der Waals surface area contributed by atoms with E-state index in [0.717, 1.165) is 50.5 Å². The Morgan fingerprint density at radius 3 is 2.45 bits per heavy atom. The average molecular weight is 419 g/mol. The van der Waals surface area contributed by atoms with Gasteiger partial charge in [0.2, 0.25) is 0 Å². The van der Waals surface area contributed by atoms with Crippen molar-refractivity contribution in [3.63, 3.8) is 0 Å². The van der Waals surface area contributed by atoms with Gasteiger partial charge in [0.1, 0.15) is 0 Å². The van der Waals surface area contributed by atoms with E-state index < -0.39 is 0 Å². The van der Waals surface area contributed by atoms with E-state index >= 15 is 0 Å². The second-order valence-electron chi connectivity index (χ2n) is 8.58. The number of benzene rings is 3. The summed E-state index contributed by atoms with van der Waals surface area (Å²) in [5.41, 5.74) is 4.16. The third kappa shape index (κ3) is 4.70. The first-order chi connectivity index (χ1) is 15.1. The Morgan fingerprint density at radius 1 is 0.968 bits per heavy atom. The summed E-state index contributed by atoms with van der Waals surface area (Å²) in [7, 11) is 5.65. The van der Waals surface area contributed by atoms with Crippen LogP contribution in [0.25, 0.3) is 10.8 Å². The summed E-state index contributed by atoms with van der Waals surface area (Å²) in [5.74, 6) is 1.66. The molecule has 0 fully saturated rings. The van der Waals surface area contributed by atoms with Crippen molar-refractivity contribution < 1.29 is 9.47 Å². The molecule has 0 saturated carbocycles. The van der Waals surface area contributed by atoms with E-state index in [1.54, 1.807) is 14.2 Å². The zero-order chi connectivity index (χ0) is 21.8. The molecule has 4 heteroatoms. The Labute approximate surface area is 186 Å². The molecule has 0 radical (unpaired) electrons. The van der Waals surface area contributed by atoms with Gasteiger partial charge in [0.05, 0.1) is 14.2 Å². The molecule has 0 saturated heterocycles. The summed E-state index contributed by atoms with van der Waals surface area (Å²) in [5, 5.41) is 2.68. The van der Waals surface area contributed by atoms with Gasteiger partial charge >= 0.3 is 0 Å². The van der Waals surface area contributed by atoms with E-state index in [0.29, 0.717) is 6.04 Å². The Hall–Kier alpha value is -2.56. The standard InChI is InChI=1S/C27H34N2O2/c1-20(24-12-7-10-21-9-5-6-11-25(21)24)28(2)14-8-15-29-16-13-22-17-26(30-3)27(31-4)18-23(22)19-29/h5-7,9-12,17-18,20H,8,13-16,19H2,1-4H3. The maximum atomic E-state index is 5.50. The van der Waals surface area contributed by atoms with Crippen molar-refractivity contribution in [1.29, 1.82) is 0 Å². The second kappa shape index (κ2) is 9.71. The largest absolute Gasteiger partial charge is 0.493 e. The minimum absolute atomic E-state index is 0.393. The van der Waals surface area contributed by atoms with Crippen molar-refractivity contribution in [3.05, 3.63) is 71.3 Å². The van der Waals surface area contributed by atoms with E-state index in [2.05, 4.69) is 78.4 Å². The lowest BCUT2D eigenvalue weighted by atomic mass is 9.98. The van der Waals surface area contributed by atoms with Crippen molar-refractivity contribution in [1.82, 2.24) is 9.80 Å². The smallest absolute Gasteiger partial charge is 0.161 e. The molecule has 0 aromatic heterocycles. The van der Waals surface area contributed by atoms with Crippen LogP contribution in [-0.2, 0) is 13.0 Å². The van der Waals surface area contributed by atoms with Gasteiger partial charge in [-0.2, -0.15) is 0 Å². The topological polar surface area (TPSA) is 24.9 Å². The highest BCUT2D eigenvalue weighted by Crippen LogP contribution is 2.33. The van der Waals surface area contributed by atoms with Crippen molar-refractivity contribution in [2.24, 2.45) is 0 Å². The van der Waals surface area contributed by atoms with Gasteiger partial charge in [0.15, 0.2) is 11.5 Å². The molecule has 1 aliphatic rings. The first-order valence-electron chi connectivity index (χ1n) is 11.2. The SMILES string of the molecule is COc1cc2c(cc1OC)CN(CCCN(C)C(C)c1cccc3ccccc13)CC2. The van der Waals surface area contributed by atoms with Crippen LogP contribution in [0.5, 0.6) is 11.5 Å². The van der Waals surface area contributed by atoms with Crippen LogP contribution in [0.1, 0.15) is 36.1 Å². The number of hydrogen-bond donors (Lipinski definition) is 0. The molecule has 0 spiro atoms. The maximum absolute atomic E-state index is 5.50. The normalized spacial score (nSPS) is 15.1. The molecule has 0 amide bonds. The highest BCUT2D eigenvalue weighted by Gasteiger charge is 2.20. The third-order valence-electron chi connectivity index (χ3n) is 6.72. The molecule has 3 aromatic carbocycles. The Kier molecular flexibility index (Phi) is 6.79. The van der Waals surface area contributed by atoms with Gasteiger partial charge in [-0.05, 0) is 79.5 Å². The quantitative estimate of drug-likeness (QED) is 0.496. The van der Waals surface area contributed by atoms with Crippen LogP contribution in [0.15, 0.2) is 54.6 Å². The van der Waals surface area contributed by atoms with Crippen molar-refractivity contribution >= 4 is 10.8 Å². The summed E-state index contributed by atoms with van der Waals surface area (Å²) >= 11 is 0. The monoisotopic (exact) mass is 418 g/mol. The van der Waals surface area contributed by atoms with E-state index in [4.69, 9.17) is 9.47 Å². The summed E-state index contributed by atoms with van der Waals surface area (Å²) < 4.78 is 11.0. The minimum Gasteiger partial charge on any atom is -0.493 e. The predicted octanol–water partition coefficient (Wildman–Crippen LogP) is 5.30. The lowest BCUT2D eigenvalue weighted by molar-refractivity contribution is 0.210. The van der Waals surface area contributed by atoms with Crippen LogP contribution in [0.4, 0.5) is 0 Å². The van der Waals surface area contributed by atoms with Gasteiger partial charge in [0, 0.05) is 19.1 Å². The molecule has 1 heterocycles. The first kappa shape index (κ1) is 21.7. The maximum Gasteiger partial charge on any atom is 0.161 e. The molecule has 3 aromatic rings. The van der Waals surface area contributed by atoms with E-state index in [9.17, 15) is 0 Å². The third-order valence-corrected chi connectivity index (χ3v) is 6.72. The number of nitrogens with zero attached hydrogens (tertiary/aromatic N) is 2. The molecule has 31 heavy (non-hydrogen) atoms. The molecule has 0 bridgehead atoms. The van der Waals surface area contributed by atoms with Crippen molar-refractivity contribution in [2.75, 3.05) is 40.9 Å². The van der Waals surface area contributed by atoms with E-state index in [1.165, 1.54) is 27.5 Å². The molecule has 4 nitrogen and oxygen atoms in total. The van der Waals surface area contributed by atoms with Crippen LogP contribution in [0.2, 0.25) is 0 Å². The van der Waals surface area contributed by atoms with Gasteiger partial charge in [-0.3, -0.25) is 9.80 Å². The lowest BCUT2D eigenvalue weighted by Crippen LogP contribution is -2.33. The van der Waals surface area contributed by atoms with Crippen LogP contribution < -0.4 is 9.47 Å².